The van der Waals surface area contributed by atoms with E-state index in [1.807, 2.05) is 6.92 Å². The summed E-state index contributed by atoms with van der Waals surface area (Å²) in [5.41, 5.74) is 7.81. The minimum absolute atomic E-state index is 0.186. The molecule has 2 rings (SSSR count). The Balaban J connectivity index is 2.16. The van der Waals surface area contributed by atoms with Crippen LogP contribution in [-0.4, -0.2) is 23.2 Å². The third-order valence-corrected chi connectivity index (χ3v) is 3.30. The number of anilines is 2. The number of halogens is 1. The SMILES string of the molecule is CCCc1[nH]nc(C(=O)Nc2ccc(OC)c(Cl)c2)c1N. The van der Waals surface area contributed by atoms with Crippen LogP contribution in [0.1, 0.15) is 29.5 Å². The molecule has 0 radical (unpaired) electrons. The molecule has 0 saturated heterocycles. The third kappa shape index (κ3) is 3.28. The van der Waals surface area contributed by atoms with Crippen molar-refractivity contribution in [2.75, 3.05) is 18.2 Å². The molecule has 0 saturated carbocycles. The number of amides is 1. The summed E-state index contributed by atoms with van der Waals surface area (Å²) in [6, 6.07) is 4.97. The van der Waals surface area contributed by atoms with Crippen LogP contribution in [-0.2, 0) is 6.42 Å². The summed E-state index contributed by atoms with van der Waals surface area (Å²) in [4.78, 5) is 12.2. The van der Waals surface area contributed by atoms with E-state index < -0.39 is 0 Å². The monoisotopic (exact) mass is 308 g/mol. The van der Waals surface area contributed by atoms with Crippen LogP contribution in [0.2, 0.25) is 5.02 Å². The van der Waals surface area contributed by atoms with Gasteiger partial charge in [0.1, 0.15) is 5.75 Å². The number of methoxy groups -OCH3 is 1. The molecule has 6 nitrogen and oxygen atoms in total. The number of carbonyl (C=O) groups is 1. The number of nitrogen functional groups attached to an aromatic ring is 1. The van der Waals surface area contributed by atoms with Crippen molar-refractivity contribution < 1.29 is 9.53 Å². The molecule has 1 amide bonds. The predicted octanol–water partition coefficient (Wildman–Crippen LogP) is 2.86. The molecule has 0 atom stereocenters. The van der Waals surface area contributed by atoms with E-state index in [0.29, 0.717) is 22.1 Å². The lowest BCUT2D eigenvalue weighted by Crippen LogP contribution is -2.14. The van der Waals surface area contributed by atoms with E-state index in [0.717, 1.165) is 18.5 Å². The molecule has 1 aromatic heterocycles. The topological polar surface area (TPSA) is 93.0 Å². The highest BCUT2D eigenvalue weighted by Crippen LogP contribution is 2.27. The number of hydrogen-bond acceptors (Lipinski definition) is 4. The lowest BCUT2D eigenvalue weighted by atomic mass is 10.2. The van der Waals surface area contributed by atoms with Crippen LogP contribution >= 0.6 is 11.6 Å². The molecule has 0 bridgehead atoms. The van der Waals surface area contributed by atoms with Gasteiger partial charge in [-0.3, -0.25) is 9.89 Å². The summed E-state index contributed by atoms with van der Waals surface area (Å²) in [7, 11) is 1.53. The van der Waals surface area contributed by atoms with Crippen molar-refractivity contribution in [2.45, 2.75) is 19.8 Å². The maximum Gasteiger partial charge on any atom is 0.278 e. The Morgan fingerprint density at radius 1 is 1.52 bits per heavy atom. The van der Waals surface area contributed by atoms with E-state index in [-0.39, 0.29) is 11.6 Å². The van der Waals surface area contributed by atoms with E-state index in [9.17, 15) is 4.79 Å². The first-order valence-electron chi connectivity index (χ1n) is 6.54. The maximum absolute atomic E-state index is 12.2. The minimum atomic E-state index is -0.382. The first-order valence-corrected chi connectivity index (χ1v) is 6.92. The van der Waals surface area contributed by atoms with Gasteiger partial charge in [0, 0.05) is 5.69 Å². The number of nitrogens with one attached hydrogen (secondary N) is 2. The van der Waals surface area contributed by atoms with Gasteiger partial charge in [-0.1, -0.05) is 24.9 Å². The summed E-state index contributed by atoms with van der Waals surface area (Å²) < 4.78 is 5.06. The average molecular weight is 309 g/mol. The largest absolute Gasteiger partial charge is 0.495 e. The van der Waals surface area contributed by atoms with Crippen LogP contribution in [0, 0.1) is 0 Å². The molecule has 0 aliphatic carbocycles. The van der Waals surface area contributed by atoms with Crippen molar-refractivity contribution >= 4 is 28.9 Å². The Morgan fingerprint density at radius 3 is 2.90 bits per heavy atom. The summed E-state index contributed by atoms with van der Waals surface area (Å²) in [5, 5.41) is 9.88. The third-order valence-electron chi connectivity index (χ3n) is 3.01. The maximum atomic E-state index is 12.2. The first-order chi connectivity index (χ1) is 10.1. The highest BCUT2D eigenvalue weighted by molar-refractivity contribution is 6.32. The number of aromatic amines is 1. The molecule has 4 N–H and O–H groups in total. The van der Waals surface area contributed by atoms with Gasteiger partial charge in [-0.25, -0.2) is 0 Å². The second-order valence-corrected chi connectivity index (χ2v) is 4.93. The van der Waals surface area contributed by atoms with Gasteiger partial charge in [-0.05, 0) is 24.6 Å². The standard InChI is InChI=1S/C14H17ClN4O2/c1-3-4-10-12(16)13(19-18-10)14(20)17-8-5-6-11(21-2)9(15)7-8/h5-7H,3-4,16H2,1-2H3,(H,17,20)(H,18,19). The fourth-order valence-electron chi connectivity index (χ4n) is 1.93. The smallest absolute Gasteiger partial charge is 0.278 e. The summed E-state index contributed by atoms with van der Waals surface area (Å²) in [6.45, 7) is 2.03. The average Bonchev–Trinajstić information content (AvgIpc) is 2.81. The molecular formula is C14H17ClN4O2. The van der Waals surface area contributed by atoms with Crippen LogP contribution in [0.5, 0.6) is 5.75 Å². The lowest BCUT2D eigenvalue weighted by Gasteiger charge is -2.07. The number of hydrogen-bond donors (Lipinski definition) is 3. The van der Waals surface area contributed by atoms with Gasteiger partial charge in [0.15, 0.2) is 5.69 Å². The molecule has 0 spiro atoms. The molecule has 0 aliphatic rings. The fraction of sp³-hybridized carbons (Fsp3) is 0.286. The van der Waals surface area contributed by atoms with E-state index in [4.69, 9.17) is 22.1 Å². The number of nitrogens with zero attached hydrogens (tertiary/aromatic N) is 1. The van der Waals surface area contributed by atoms with Crippen molar-refractivity contribution in [3.63, 3.8) is 0 Å². The highest BCUT2D eigenvalue weighted by atomic mass is 35.5. The normalized spacial score (nSPS) is 10.4. The van der Waals surface area contributed by atoms with Crippen molar-refractivity contribution in [2.24, 2.45) is 0 Å². The van der Waals surface area contributed by atoms with Gasteiger partial charge in [0.2, 0.25) is 0 Å². The Morgan fingerprint density at radius 2 is 2.29 bits per heavy atom. The summed E-state index contributed by atoms with van der Waals surface area (Å²) in [5.74, 6) is 0.159. The molecule has 21 heavy (non-hydrogen) atoms. The molecule has 0 aliphatic heterocycles. The highest BCUT2D eigenvalue weighted by Gasteiger charge is 2.17. The van der Waals surface area contributed by atoms with Gasteiger partial charge in [0.05, 0.1) is 23.5 Å². The number of aromatic nitrogens is 2. The van der Waals surface area contributed by atoms with Crippen LogP contribution in [0.3, 0.4) is 0 Å². The fourth-order valence-corrected chi connectivity index (χ4v) is 2.19. The van der Waals surface area contributed by atoms with Gasteiger partial charge in [-0.15, -0.1) is 0 Å². The summed E-state index contributed by atoms with van der Waals surface area (Å²) >= 11 is 6.01. The number of benzene rings is 1. The van der Waals surface area contributed by atoms with E-state index in [2.05, 4.69) is 15.5 Å². The van der Waals surface area contributed by atoms with Crippen LogP contribution in [0.15, 0.2) is 18.2 Å². The van der Waals surface area contributed by atoms with Gasteiger partial charge < -0.3 is 15.8 Å². The lowest BCUT2D eigenvalue weighted by molar-refractivity contribution is 0.102. The van der Waals surface area contributed by atoms with Crippen LogP contribution < -0.4 is 15.8 Å². The Labute approximate surface area is 127 Å². The number of ether oxygens (including phenoxy) is 1. The number of aryl methyl sites for hydroxylation is 1. The number of H-pyrrole nitrogens is 1. The number of rotatable bonds is 5. The Kier molecular flexibility index (Phi) is 4.70. The quantitative estimate of drug-likeness (QED) is 0.791. The zero-order chi connectivity index (χ0) is 15.4. The Hall–Kier alpha value is -2.21. The number of nitrogens with two attached hydrogens (primary N) is 1. The molecule has 0 fully saturated rings. The molecule has 112 valence electrons. The molecular weight excluding hydrogens is 292 g/mol. The zero-order valence-corrected chi connectivity index (χ0v) is 12.6. The molecule has 7 heteroatoms. The Bertz CT molecular complexity index is 654. The van der Waals surface area contributed by atoms with E-state index in [1.165, 1.54) is 7.11 Å². The molecule has 1 heterocycles. The molecule has 2 aromatic rings. The van der Waals surface area contributed by atoms with Crippen molar-refractivity contribution in [1.82, 2.24) is 10.2 Å². The predicted molar refractivity (Wildman–Crippen MR) is 83.0 cm³/mol. The first kappa shape index (κ1) is 15.2. The second-order valence-electron chi connectivity index (χ2n) is 4.52. The number of carbonyl (C=O) groups excluding carboxylic acids is 1. The van der Waals surface area contributed by atoms with E-state index in [1.54, 1.807) is 18.2 Å². The van der Waals surface area contributed by atoms with E-state index >= 15 is 0 Å². The zero-order valence-electron chi connectivity index (χ0n) is 11.9. The van der Waals surface area contributed by atoms with Crippen molar-refractivity contribution in [3.05, 3.63) is 34.6 Å². The minimum Gasteiger partial charge on any atom is -0.495 e. The van der Waals surface area contributed by atoms with Crippen molar-refractivity contribution in [1.29, 1.82) is 0 Å². The van der Waals surface area contributed by atoms with Crippen molar-refractivity contribution in [3.8, 4) is 5.75 Å². The van der Waals surface area contributed by atoms with Crippen LogP contribution in [0.25, 0.3) is 0 Å². The van der Waals surface area contributed by atoms with Gasteiger partial charge in [-0.2, -0.15) is 5.10 Å². The molecule has 0 unspecified atom stereocenters. The summed E-state index contributed by atoms with van der Waals surface area (Å²) in [6.07, 6.45) is 1.67. The van der Waals surface area contributed by atoms with Gasteiger partial charge in [0.25, 0.3) is 5.91 Å². The van der Waals surface area contributed by atoms with Gasteiger partial charge >= 0.3 is 0 Å². The second kappa shape index (κ2) is 6.49. The van der Waals surface area contributed by atoms with Crippen LogP contribution in [0.4, 0.5) is 11.4 Å². The molecule has 1 aromatic carbocycles.